The summed E-state index contributed by atoms with van der Waals surface area (Å²) in [5.74, 6) is -0.479. The highest BCUT2D eigenvalue weighted by Gasteiger charge is 2.37. The molecule has 0 fully saturated rings. The minimum absolute atomic E-state index is 0.160. The summed E-state index contributed by atoms with van der Waals surface area (Å²) in [7, 11) is 0. The molecule has 6 nitrogen and oxygen atoms in total. The highest BCUT2D eigenvalue weighted by molar-refractivity contribution is 6.05. The molecule has 0 saturated heterocycles. The number of pyridine rings is 1. The second-order valence-corrected chi connectivity index (χ2v) is 5.79. The lowest BCUT2D eigenvalue weighted by molar-refractivity contribution is 0.0247. The number of carbonyl (C=O) groups is 2. The number of hydrogen-bond donors (Lipinski definition) is 1. The van der Waals surface area contributed by atoms with Gasteiger partial charge in [0.25, 0.3) is 5.91 Å². The van der Waals surface area contributed by atoms with Crippen molar-refractivity contribution in [1.82, 2.24) is 9.88 Å². The number of carbonyl (C=O) groups excluding carboxylic acids is 2. The fourth-order valence-corrected chi connectivity index (χ4v) is 2.05. The Morgan fingerprint density at radius 2 is 2.15 bits per heavy atom. The molecule has 0 spiro atoms. The third kappa shape index (κ3) is 2.65. The van der Waals surface area contributed by atoms with Gasteiger partial charge in [0, 0.05) is 5.56 Å². The van der Waals surface area contributed by atoms with Crippen molar-refractivity contribution in [1.29, 1.82) is 0 Å². The van der Waals surface area contributed by atoms with Gasteiger partial charge in [-0.15, -0.1) is 0 Å². The fourth-order valence-electron chi connectivity index (χ4n) is 2.05. The van der Waals surface area contributed by atoms with Gasteiger partial charge in [-0.3, -0.25) is 4.79 Å². The second kappa shape index (κ2) is 4.86. The molecular weight excluding hydrogens is 260 g/mol. The van der Waals surface area contributed by atoms with Crippen molar-refractivity contribution < 1.29 is 19.4 Å². The molecule has 2 rings (SSSR count). The van der Waals surface area contributed by atoms with Gasteiger partial charge in [-0.05, 0) is 39.3 Å². The van der Waals surface area contributed by atoms with Crippen molar-refractivity contribution in [3.8, 4) is 0 Å². The lowest BCUT2D eigenvalue weighted by atomic mass is 10.1. The molecule has 0 radical (unpaired) electrons. The number of rotatable bonds is 1. The van der Waals surface area contributed by atoms with Crippen LogP contribution in [-0.2, 0) is 17.9 Å². The van der Waals surface area contributed by atoms with Crippen molar-refractivity contribution in [2.75, 3.05) is 0 Å². The Morgan fingerprint density at radius 3 is 2.70 bits per heavy atom. The average Bonchev–Trinajstić information content (AvgIpc) is 2.65. The lowest BCUT2D eigenvalue weighted by Gasteiger charge is -2.23. The van der Waals surface area contributed by atoms with Crippen LogP contribution in [0.25, 0.3) is 0 Å². The van der Waals surface area contributed by atoms with Gasteiger partial charge < -0.3 is 9.84 Å². The standard InChI is InChI=1S/C14H18N2O4/c1-8-5-9(7-17)15-11-10(8)6-16(12(11)18)13(19)20-14(2,3)4/h5,17H,6-7H2,1-4H3. The van der Waals surface area contributed by atoms with Crippen LogP contribution < -0.4 is 0 Å². The number of imide groups is 1. The summed E-state index contributed by atoms with van der Waals surface area (Å²) in [5, 5.41) is 9.13. The molecule has 1 aliphatic rings. The summed E-state index contributed by atoms with van der Waals surface area (Å²) in [6, 6.07) is 1.71. The topological polar surface area (TPSA) is 79.7 Å². The zero-order chi connectivity index (χ0) is 15.1. The zero-order valence-corrected chi connectivity index (χ0v) is 12.1. The van der Waals surface area contributed by atoms with Crippen LogP contribution in [0.4, 0.5) is 4.79 Å². The first kappa shape index (κ1) is 14.5. The van der Waals surface area contributed by atoms with Crippen LogP contribution in [0.15, 0.2) is 6.07 Å². The van der Waals surface area contributed by atoms with E-state index in [1.165, 1.54) is 0 Å². The molecule has 0 bridgehead atoms. The Balaban J connectivity index is 2.30. The molecule has 1 aromatic heterocycles. The van der Waals surface area contributed by atoms with Crippen LogP contribution in [0.2, 0.25) is 0 Å². The largest absolute Gasteiger partial charge is 0.443 e. The van der Waals surface area contributed by atoms with Crippen LogP contribution in [0.3, 0.4) is 0 Å². The molecule has 1 aromatic rings. The van der Waals surface area contributed by atoms with Crippen molar-refractivity contribution in [2.45, 2.75) is 46.4 Å². The molecule has 108 valence electrons. The monoisotopic (exact) mass is 278 g/mol. The molecule has 6 heteroatoms. The summed E-state index contributed by atoms with van der Waals surface area (Å²) in [4.78, 5) is 29.4. The quantitative estimate of drug-likeness (QED) is 0.847. The normalized spacial score (nSPS) is 14.4. The average molecular weight is 278 g/mol. The van der Waals surface area contributed by atoms with E-state index in [1.807, 2.05) is 6.92 Å². The first-order valence-corrected chi connectivity index (χ1v) is 6.38. The van der Waals surface area contributed by atoms with Crippen LogP contribution in [0.5, 0.6) is 0 Å². The van der Waals surface area contributed by atoms with Gasteiger partial charge in [0.15, 0.2) is 0 Å². The van der Waals surface area contributed by atoms with Crippen molar-refractivity contribution in [3.05, 3.63) is 28.6 Å². The first-order chi connectivity index (χ1) is 9.23. The van der Waals surface area contributed by atoms with Crippen LogP contribution in [-0.4, -0.2) is 32.6 Å². The van der Waals surface area contributed by atoms with E-state index in [4.69, 9.17) is 9.84 Å². The summed E-state index contributed by atoms with van der Waals surface area (Å²) >= 11 is 0. The molecule has 0 atom stereocenters. The summed E-state index contributed by atoms with van der Waals surface area (Å²) in [5.41, 5.74) is 1.52. The molecule has 2 amide bonds. The highest BCUT2D eigenvalue weighted by Crippen LogP contribution is 2.26. The second-order valence-electron chi connectivity index (χ2n) is 5.79. The minimum Gasteiger partial charge on any atom is -0.443 e. The van der Waals surface area contributed by atoms with E-state index in [9.17, 15) is 9.59 Å². The summed E-state index contributed by atoms with van der Waals surface area (Å²) in [6.45, 7) is 6.97. The van der Waals surface area contributed by atoms with E-state index >= 15 is 0 Å². The molecule has 0 saturated carbocycles. The number of fused-ring (bicyclic) bond motifs is 1. The molecule has 1 N–H and O–H groups in total. The fraction of sp³-hybridized carbons (Fsp3) is 0.500. The van der Waals surface area contributed by atoms with Gasteiger partial charge in [0.2, 0.25) is 0 Å². The molecule has 0 aliphatic carbocycles. The predicted octanol–water partition coefficient (Wildman–Crippen LogP) is 1.77. The van der Waals surface area contributed by atoms with Crippen molar-refractivity contribution >= 4 is 12.0 Å². The number of hydrogen-bond acceptors (Lipinski definition) is 5. The molecule has 0 unspecified atom stereocenters. The Labute approximate surface area is 117 Å². The lowest BCUT2D eigenvalue weighted by Crippen LogP contribution is -2.37. The number of aliphatic hydroxyl groups excluding tert-OH is 1. The zero-order valence-electron chi connectivity index (χ0n) is 12.1. The van der Waals surface area contributed by atoms with Crippen molar-refractivity contribution in [3.63, 3.8) is 0 Å². The maximum absolute atomic E-state index is 12.2. The van der Waals surface area contributed by atoms with Crippen LogP contribution >= 0.6 is 0 Å². The molecule has 20 heavy (non-hydrogen) atoms. The molecule has 2 heterocycles. The molecule has 0 aromatic carbocycles. The third-order valence-corrected chi connectivity index (χ3v) is 2.94. The SMILES string of the molecule is Cc1cc(CO)nc2c1CN(C(=O)OC(C)(C)C)C2=O. The van der Waals surface area contributed by atoms with E-state index in [-0.39, 0.29) is 18.8 Å². The van der Waals surface area contributed by atoms with Gasteiger partial charge in [-0.25, -0.2) is 14.7 Å². The number of ether oxygens (including phenoxy) is 1. The Morgan fingerprint density at radius 1 is 1.50 bits per heavy atom. The smallest absolute Gasteiger partial charge is 0.417 e. The third-order valence-electron chi connectivity index (χ3n) is 2.94. The maximum atomic E-state index is 12.2. The number of aliphatic hydroxyl groups is 1. The van der Waals surface area contributed by atoms with Gasteiger partial charge in [-0.1, -0.05) is 0 Å². The summed E-state index contributed by atoms with van der Waals surface area (Å²) < 4.78 is 5.21. The van der Waals surface area contributed by atoms with Crippen molar-refractivity contribution in [2.24, 2.45) is 0 Å². The summed E-state index contributed by atoms with van der Waals surface area (Å²) in [6.07, 6.45) is -0.676. The van der Waals surface area contributed by atoms with Gasteiger partial charge in [-0.2, -0.15) is 0 Å². The van der Waals surface area contributed by atoms with E-state index in [0.717, 1.165) is 10.5 Å². The number of aromatic nitrogens is 1. The Hall–Kier alpha value is -1.95. The number of amides is 2. The van der Waals surface area contributed by atoms with Crippen LogP contribution in [0, 0.1) is 6.92 Å². The minimum atomic E-state index is -0.676. The van der Waals surface area contributed by atoms with E-state index in [0.29, 0.717) is 11.3 Å². The van der Waals surface area contributed by atoms with Gasteiger partial charge >= 0.3 is 6.09 Å². The van der Waals surface area contributed by atoms with E-state index < -0.39 is 17.6 Å². The van der Waals surface area contributed by atoms with E-state index in [2.05, 4.69) is 4.98 Å². The number of nitrogens with zero attached hydrogens (tertiary/aromatic N) is 2. The molecular formula is C14H18N2O4. The first-order valence-electron chi connectivity index (χ1n) is 6.38. The maximum Gasteiger partial charge on any atom is 0.417 e. The number of aryl methyl sites for hydroxylation is 1. The Kier molecular flexibility index (Phi) is 3.52. The Bertz CT molecular complexity index is 575. The van der Waals surface area contributed by atoms with Crippen LogP contribution in [0.1, 0.15) is 48.1 Å². The van der Waals surface area contributed by atoms with Gasteiger partial charge in [0.05, 0.1) is 18.8 Å². The highest BCUT2D eigenvalue weighted by atomic mass is 16.6. The predicted molar refractivity (Wildman–Crippen MR) is 71.0 cm³/mol. The van der Waals surface area contributed by atoms with E-state index in [1.54, 1.807) is 26.8 Å². The van der Waals surface area contributed by atoms with Gasteiger partial charge in [0.1, 0.15) is 11.3 Å². The molecule has 1 aliphatic heterocycles.